The van der Waals surface area contributed by atoms with Crippen molar-refractivity contribution in [2.24, 2.45) is 10.8 Å². The number of hydrogen-bond donors (Lipinski definition) is 0. The summed E-state index contributed by atoms with van der Waals surface area (Å²) in [5, 5.41) is 0. The second-order valence-electron chi connectivity index (χ2n) is 11.3. The maximum absolute atomic E-state index is 12.3. The predicted octanol–water partition coefficient (Wildman–Crippen LogP) is 7.45. The second kappa shape index (κ2) is 10.8. The highest BCUT2D eigenvalue weighted by molar-refractivity contribution is 5.75. The van der Waals surface area contributed by atoms with Crippen molar-refractivity contribution in [1.82, 2.24) is 0 Å². The first-order valence-electron chi connectivity index (χ1n) is 11.8. The van der Waals surface area contributed by atoms with Gasteiger partial charge in [-0.25, -0.2) is 0 Å². The molecule has 4 nitrogen and oxygen atoms in total. The van der Waals surface area contributed by atoms with E-state index in [1.807, 2.05) is 34.6 Å². The molecular weight excluding hydrogens is 400 g/mol. The number of carbonyl (C=O) groups is 1. The average molecular weight is 447 g/mol. The summed E-state index contributed by atoms with van der Waals surface area (Å²) in [5.41, 5.74) is 2.98. The van der Waals surface area contributed by atoms with Gasteiger partial charge >= 0.3 is 5.97 Å². The minimum Gasteiger partial charge on any atom is -0.496 e. The molecule has 0 amide bonds. The van der Waals surface area contributed by atoms with Gasteiger partial charge < -0.3 is 14.2 Å². The van der Waals surface area contributed by atoms with E-state index in [1.165, 1.54) is 5.56 Å². The minimum atomic E-state index is -0.501. The van der Waals surface area contributed by atoms with Crippen molar-refractivity contribution in [2.45, 2.75) is 93.4 Å². The number of rotatable bonds is 5. The third-order valence-electron chi connectivity index (χ3n) is 5.70. The summed E-state index contributed by atoms with van der Waals surface area (Å²) in [6, 6.07) is 4.26. The van der Waals surface area contributed by atoms with Gasteiger partial charge in [0.2, 0.25) is 0 Å². The molecule has 0 N–H and O–H groups in total. The lowest BCUT2D eigenvalue weighted by molar-refractivity contribution is -0.152. The number of esters is 1. The molecule has 1 aromatic rings. The molecule has 0 saturated carbocycles. The molecule has 2 rings (SSSR count). The highest BCUT2D eigenvalue weighted by Gasteiger charge is 2.34. The van der Waals surface area contributed by atoms with Gasteiger partial charge in [-0.2, -0.15) is 0 Å². The van der Waals surface area contributed by atoms with E-state index >= 15 is 0 Å². The third-order valence-corrected chi connectivity index (χ3v) is 5.70. The molecule has 0 radical (unpaired) electrons. The number of allylic oxidation sites excluding steroid dienone is 1. The van der Waals surface area contributed by atoms with Crippen LogP contribution in [-0.2, 0) is 14.9 Å². The highest BCUT2D eigenvalue weighted by atomic mass is 16.5. The standard InChI is InChI=1S/C26H40O4.C2H6/c1-24(2,3)19-12-20(28-9)22(21(13-19)29-10)18-11-17(14-26(7,8)15-18)16-30-23(27)25(4,5)6;1-2/h11-13,18H,14-16H2,1-10H3;1-2H3. The van der Waals surface area contributed by atoms with Crippen molar-refractivity contribution < 1.29 is 19.0 Å². The number of methoxy groups -OCH3 is 2. The molecule has 0 spiro atoms. The van der Waals surface area contributed by atoms with Crippen molar-refractivity contribution in [3.63, 3.8) is 0 Å². The molecule has 4 heteroatoms. The Balaban J connectivity index is 0.00000249. The lowest BCUT2D eigenvalue weighted by Crippen LogP contribution is -2.27. The quantitative estimate of drug-likeness (QED) is 0.348. The van der Waals surface area contributed by atoms with Crippen LogP contribution in [0.4, 0.5) is 0 Å². The Morgan fingerprint density at radius 2 is 1.50 bits per heavy atom. The van der Waals surface area contributed by atoms with Crippen LogP contribution in [-0.4, -0.2) is 26.8 Å². The van der Waals surface area contributed by atoms with Crippen molar-refractivity contribution in [3.8, 4) is 11.5 Å². The monoisotopic (exact) mass is 446 g/mol. The maximum atomic E-state index is 12.3. The number of ether oxygens (including phenoxy) is 3. The van der Waals surface area contributed by atoms with Gasteiger partial charge in [-0.05, 0) is 67.7 Å². The van der Waals surface area contributed by atoms with Gasteiger partial charge in [0.05, 0.1) is 19.6 Å². The van der Waals surface area contributed by atoms with Crippen LogP contribution in [0.5, 0.6) is 11.5 Å². The number of hydrogen-bond acceptors (Lipinski definition) is 4. The van der Waals surface area contributed by atoms with Crippen LogP contribution in [0.3, 0.4) is 0 Å². The first-order chi connectivity index (χ1) is 14.7. The maximum Gasteiger partial charge on any atom is 0.311 e. The molecule has 1 aromatic carbocycles. The van der Waals surface area contributed by atoms with E-state index in [-0.39, 0.29) is 22.7 Å². The topological polar surface area (TPSA) is 44.8 Å². The summed E-state index contributed by atoms with van der Waals surface area (Å²) in [6.07, 6.45) is 4.13. The summed E-state index contributed by atoms with van der Waals surface area (Å²) in [5.74, 6) is 1.66. The van der Waals surface area contributed by atoms with Crippen molar-refractivity contribution >= 4 is 5.97 Å². The molecule has 1 unspecified atom stereocenters. The lowest BCUT2D eigenvalue weighted by atomic mass is 9.70. The first kappa shape index (κ1) is 28.1. The van der Waals surface area contributed by atoms with E-state index in [2.05, 4.69) is 52.8 Å². The fourth-order valence-corrected chi connectivity index (χ4v) is 4.08. The van der Waals surface area contributed by atoms with Crippen LogP contribution < -0.4 is 9.47 Å². The van der Waals surface area contributed by atoms with E-state index in [1.54, 1.807) is 14.2 Å². The van der Waals surface area contributed by atoms with Gasteiger partial charge in [0.25, 0.3) is 0 Å². The van der Waals surface area contributed by atoms with Crippen molar-refractivity contribution in [1.29, 1.82) is 0 Å². The molecule has 0 heterocycles. The Kier molecular flexibility index (Phi) is 9.44. The van der Waals surface area contributed by atoms with E-state index in [0.717, 1.165) is 35.5 Å². The fourth-order valence-electron chi connectivity index (χ4n) is 4.08. The zero-order chi connectivity index (χ0) is 24.9. The normalized spacial score (nSPS) is 18.1. The Morgan fingerprint density at radius 1 is 1.00 bits per heavy atom. The van der Waals surface area contributed by atoms with E-state index < -0.39 is 5.41 Å². The average Bonchev–Trinajstić information content (AvgIpc) is 2.69. The summed E-state index contributed by atoms with van der Waals surface area (Å²) in [6.45, 7) is 21.1. The van der Waals surface area contributed by atoms with E-state index in [4.69, 9.17) is 14.2 Å². The first-order valence-corrected chi connectivity index (χ1v) is 11.8. The smallest absolute Gasteiger partial charge is 0.311 e. The molecule has 32 heavy (non-hydrogen) atoms. The molecular formula is C28H46O4. The molecule has 182 valence electrons. The molecule has 0 aliphatic heterocycles. The van der Waals surface area contributed by atoms with Crippen LogP contribution in [0.25, 0.3) is 0 Å². The SMILES string of the molecule is CC.COc1cc(C(C)(C)C)cc(OC)c1C1C=C(COC(=O)C(C)(C)C)CC(C)(C)C1. The zero-order valence-corrected chi connectivity index (χ0v) is 22.6. The lowest BCUT2D eigenvalue weighted by Gasteiger charge is -2.36. The van der Waals surface area contributed by atoms with Crippen LogP contribution in [0, 0.1) is 10.8 Å². The summed E-state index contributed by atoms with van der Waals surface area (Å²) in [4.78, 5) is 12.3. The molecule has 1 aliphatic rings. The Hall–Kier alpha value is -1.97. The van der Waals surface area contributed by atoms with Crippen LogP contribution >= 0.6 is 0 Å². The van der Waals surface area contributed by atoms with Gasteiger partial charge in [0.1, 0.15) is 18.1 Å². The Bertz CT molecular complexity index is 779. The minimum absolute atomic E-state index is 0.00686. The molecule has 1 atom stereocenters. The Morgan fingerprint density at radius 3 is 1.91 bits per heavy atom. The van der Waals surface area contributed by atoms with Crippen molar-refractivity contribution in [2.75, 3.05) is 20.8 Å². The molecule has 0 aromatic heterocycles. The number of carbonyl (C=O) groups excluding carboxylic acids is 1. The van der Waals surface area contributed by atoms with E-state index in [0.29, 0.717) is 6.61 Å². The molecule has 1 aliphatic carbocycles. The molecule has 0 bridgehead atoms. The molecule has 0 fully saturated rings. The van der Waals surface area contributed by atoms with Gasteiger partial charge in [-0.3, -0.25) is 4.79 Å². The van der Waals surface area contributed by atoms with Gasteiger partial charge in [0.15, 0.2) is 0 Å². The zero-order valence-electron chi connectivity index (χ0n) is 22.6. The van der Waals surface area contributed by atoms with Crippen LogP contribution in [0.1, 0.15) is 99.1 Å². The summed E-state index contributed by atoms with van der Waals surface area (Å²) >= 11 is 0. The predicted molar refractivity (Wildman–Crippen MR) is 134 cm³/mol. The summed E-state index contributed by atoms with van der Waals surface area (Å²) < 4.78 is 17.3. The van der Waals surface area contributed by atoms with E-state index in [9.17, 15) is 4.79 Å². The second-order valence-corrected chi connectivity index (χ2v) is 11.3. The third kappa shape index (κ3) is 7.28. The van der Waals surface area contributed by atoms with Crippen molar-refractivity contribution in [3.05, 3.63) is 34.9 Å². The molecule has 0 saturated heterocycles. The van der Waals surface area contributed by atoms with Crippen LogP contribution in [0.2, 0.25) is 0 Å². The van der Waals surface area contributed by atoms with Gasteiger partial charge in [0, 0.05) is 11.5 Å². The number of benzene rings is 1. The van der Waals surface area contributed by atoms with Gasteiger partial charge in [-0.1, -0.05) is 54.5 Å². The largest absolute Gasteiger partial charge is 0.496 e. The Labute approximate surface area is 196 Å². The van der Waals surface area contributed by atoms with Crippen LogP contribution in [0.15, 0.2) is 23.8 Å². The highest BCUT2D eigenvalue weighted by Crippen LogP contribution is 2.48. The summed E-state index contributed by atoms with van der Waals surface area (Å²) in [7, 11) is 3.43. The van der Waals surface area contributed by atoms with Gasteiger partial charge in [-0.15, -0.1) is 0 Å². The fraction of sp³-hybridized carbons (Fsp3) is 0.679.